The van der Waals surface area contributed by atoms with Gasteiger partial charge >= 0.3 is 0 Å². The number of ether oxygens (including phenoxy) is 1. The summed E-state index contributed by atoms with van der Waals surface area (Å²) >= 11 is 3.51. The summed E-state index contributed by atoms with van der Waals surface area (Å²) < 4.78 is 4.97. The molecule has 0 amide bonds. The van der Waals surface area contributed by atoms with Crippen LogP contribution in [0.3, 0.4) is 0 Å². The second-order valence-corrected chi connectivity index (χ2v) is 3.69. The Morgan fingerprint density at radius 3 is 2.62 bits per heavy atom. The van der Waals surface area contributed by atoms with Gasteiger partial charge in [-0.05, 0) is 18.8 Å². The molecule has 0 unspecified atom stereocenters. The molecule has 1 saturated carbocycles. The second kappa shape index (κ2) is 2.83. The molecule has 0 bridgehead atoms. The van der Waals surface area contributed by atoms with E-state index >= 15 is 0 Å². The lowest BCUT2D eigenvalue weighted by Gasteiger charge is -2.30. The zero-order chi connectivity index (χ0) is 5.98. The van der Waals surface area contributed by atoms with Crippen molar-refractivity contribution in [1.82, 2.24) is 0 Å². The van der Waals surface area contributed by atoms with E-state index in [0.29, 0.717) is 0 Å². The maximum absolute atomic E-state index is 4.97. The quantitative estimate of drug-likeness (QED) is 0.587. The molecule has 1 aliphatic carbocycles. The van der Waals surface area contributed by atoms with Crippen LogP contribution in [-0.2, 0) is 4.74 Å². The van der Waals surface area contributed by atoms with Gasteiger partial charge in [0.2, 0.25) is 0 Å². The van der Waals surface area contributed by atoms with E-state index in [4.69, 9.17) is 4.74 Å². The number of rotatable bonds is 2. The van der Waals surface area contributed by atoms with Crippen molar-refractivity contribution in [2.45, 2.75) is 17.7 Å². The maximum Gasteiger partial charge on any atom is 0.0491 e. The summed E-state index contributed by atoms with van der Waals surface area (Å²) in [6, 6.07) is 0. The summed E-state index contributed by atoms with van der Waals surface area (Å²) in [5, 5.41) is 0. The Bertz CT molecular complexity index is 66.2. The summed E-state index contributed by atoms with van der Waals surface area (Å²) in [6.07, 6.45) is 2.60. The Morgan fingerprint density at radius 2 is 2.25 bits per heavy atom. The molecule has 0 radical (unpaired) electrons. The molecule has 0 aromatic carbocycles. The molecular formula is C6H11BrO. The minimum Gasteiger partial charge on any atom is -0.384 e. The molecule has 0 N–H and O–H groups in total. The van der Waals surface area contributed by atoms with E-state index in [0.717, 1.165) is 17.4 Å². The van der Waals surface area contributed by atoms with Crippen molar-refractivity contribution in [3.8, 4) is 0 Å². The van der Waals surface area contributed by atoms with Crippen molar-refractivity contribution in [3.05, 3.63) is 0 Å². The molecule has 1 rings (SSSR count). The first-order chi connectivity index (χ1) is 3.83. The Balaban J connectivity index is 1.98. The van der Waals surface area contributed by atoms with Crippen LogP contribution in [0.2, 0.25) is 0 Å². The van der Waals surface area contributed by atoms with Gasteiger partial charge in [0.1, 0.15) is 0 Å². The van der Waals surface area contributed by atoms with Crippen LogP contribution in [0, 0.1) is 5.92 Å². The number of methoxy groups -OCH3 is 1. The molecule has 0 aromatic rings. The molecule has 48 valence electrons. The molecule has 1 fully saturated rings. The highest BCUT2D eigenvalue weighted by Gasteiger charge is 2.25. The minimum absolute atomic E-state index is 0.780. The van der Waals surface area contributed by atoms with Crippen LogP contribution in [0.1, 0.15) is 12.8 Å². The van der Waals surface area contributed by atoms with Crippen molar-refractivity contribution < 1.29 is 4.74 Å². The number of alkyl halides is 1. The van der Waals surface area contributed by atoms with Gasteiger partial charge in [-0.25, -0.2) is 0 Å². The van der Waals surface area contributed by atoms with Gasteiger partial charge in [-0.1, -0.05) is 15.9 Å². The summed E-state index contributed by atoms with van der Waals surface area (Å²) in [4.78, 5) is 0.780. The topological polar surface area (TPSA) is 9.23 Å². The third kappa shape index (κ3) is 1.46. The van der Waals surface area contributed by atoms with Gasteiger partial charge in [-0.3, -0.25) is 0 Å². The SMILES string of the molecule is COCC1CC(Br)C1. The van der Waals surface area contributed by atoms with Gasteiger partial charge in [0.05, 0.1) is 0 Å². The molecule has 2 heteroatoms. The van der Waals surface area contributed by atoms with Crippen LogP contribution in [-0.4, -0.2) is 18.5 Å². The van der Waals surface area contributed by atoms with Crippen LogP contribution >= 0.6 is 15.9 Å². The summed E-state index contributed by atoms with van der Waals surface area (Å²) in [5.74, 6) is 0.837. The first-order valence-electron chi connectivity index (χ1n) is 2.96. The largest absolute Gasteiger partial charge is 0.384 e. The number of hydrogen-bond acceptors (Lipinski definition) is 1. The Kier molecular flexibility index (Phi) is 2.32. The Hall–Kier alpha value is 0.440. The average Bonchev–Trinajstić information content (AvgIpc) is 1.64. The lowest BCUT2D eigenvalue weighted by molar-refractivity contribution is 0.116. The predicted molar refractivity (Wildman–Crippen MR) is 37.3 cm³/mol. The highest BCUT2D eigenvalue weighted by atomic mass is 79.9. The van der Waals surface area contributed by atoms with Crippen LogP contribution in [0.25, 0.3) is 0 Å². The fraction of sp³-hybridized carbons (Fsp3) is 1.00. The lowest BCUT2D eigenvalue weighted by atomic mass is 9.86. The molecule has 1 nitrogen and oxygen atoms in total. The molecule has 0 saturated heterocycles. The van der Waals surface area contributed by atoms with E-state index in [-0.39, 0.29) is 0 Å². The average molecular weight is 179 g/mol. The molecule has 1 aliphatic rings. The van der Waals surface area contributed by atoms with Crippen LogP contribution in [0.5, 0.6) is 0 Å². The number of halogens is 1. The second-order valence-electron chi connectivity index (χ2n) is 2.39. The predicted octanol–water partition coefficient (Wildman–Crippen LogP) is 1.81. The Labute approximate surface area is 58.5 Å². The molecular weight excluding hydrogens is 168 g/mol. The van der Waals surface area contributed by atoms with E-state index in [9.17, 15) is 0 Å². The van der Waals surface area contributed by atoms with Crippen molar-refractivity contribution in [3.63, 3.8) is 0 Å². The Morgan fingerprint density at radius 1 is 1.62 bits per heavy atom. The zero-order valence-electron chi connectivity index (χ0n) is 5.06. The molecule has 0 atom stereocenters. The van der Waals surface area contributed by atoms with E-state index in [1.54, 1.807) is 7.11 Å². The van der Waals surface area contributed by atoms with Gasteiger partial charge in [-0.15, -0.1) is 0 Å². The highest BCUT2D eigenvalue weighted by Crippen LogP contribution is 2.32. The van der Waals surface area contributed by atoms with Crippen LogP contribution < -0.4 is 0 Å². The smallest absolute Gasteiger partial charge is 0.0491 e. The summed E-state index contributed by atoms with van der Waals surface area (Å²) in [6.45, 7) is 0.947. The molecule has 0 aromatic heterocycles. The summed E-state index contributed by atoms with van der Waals surface area (Å²) in [7, 11) is 1.77. The van der Waals surface area contributed by atoms with Crippen molar-refractivity contribution in [1.29, 1.82) is 0 Å². The molecule has 0 aliphatic heterocycles. The highest BCUT2D eigenvalue weighted by molar-refractivity contribution is 9.09. The lowest BCUT2D eigenvalue weighted by Crippen LogP contribution is -2.26. The first kappa shape index (κ1) is 6.56. The van der Waals surface area contributed by atoms with Crippen molar-refractivity contribution in [2.24, 2.45) is 5.92 Å². The number of hydrogen-bond donors (Lipinski definition) is 0. The molecule has 0 spiro atoms. The van der Waals surface area contributed by atoms with E-state index in [1.165, 1.54) is 12.8 Å². The van der Waals surface area contributed by atoms with Gasteiger partial charge < -0.3 is 4.74 Å². The zero-order valence-corrected chi connectivity index (χ0v) is 6.65. The van der Waals surface area contributed by atoms with Crippen molar-refractivity contribution >= 4 is 15.9 Å². The third-order valence-corrected chi connectivity index (χ3v) is 2.33. The van der Waals surface area contributed by atoms with Gasteiger partial charge in [0, 0.05) is 18.5 Å². The molecule has 0 heterocycles. The fourth-order valence-electron chi connectivity index (χ4n) is 1.03. The monoisotopic (exact) mass is 178 g/mol. The normalized spacial score (nSPS) is 36.8. The van der Waals surface area contributed by atoms with E-state index < -0.39 is 0 Å². The van der Waals surface area contributed by atoms with Gasteiger partial charge in [0.15, 0.2) is 0 Å². The van der Waals surface area contributed by atoms with E-state index in [2.05, 4.69) is 15.9 Å². The van der Waals surface area contributed by atoms with Crippen molar-refractivity contribution in [2.75, 3.05) is 13.7 Å². The fourth-order valence-corrected chi connectivity index (χ4v) is 2.08. The van der Waals surface area contributed by atoms with Gasteiger partial charge in [0.25, 0.3) is 0 Å². The third-order valence-electron chi connectivity index (χ3n) is 1.58. The maximum atomic E-state index is 4.97. The minimum atomic E-state index is 0.780. The standard InChI is InChI=1S/C6H11BrO/c1-8-4-5-2-6(7)3-5/h5-6H,2-4H2,1H3. The molecule has 8 heavy (non-hydrogen) atoms. The van der Waals surface area contributed by atoms with Gasteiger partial charge in [-0.2, -0.15) is 0 Å². The summed E-state index contributed by atoms with van der Waals surface area (Å²) in [5.41, 5.74) is 0. The van der Waals surface area contributed by atoms with E-state index in [1.807, 2.05) is 0 Å². The first-order valence-corrected chi connectivity index (χ1v) is 3.87. The van der Waals surface area contributed by atoms with Crippen LogP contribution in [0.4, 0.5) is 0 Å². The van der Waals surface area contributed by atoms with Crippen LogP contribution in [0.15, 0.2) is 0 Å².